The molecule has 58 heavy (non-hydrogen) atoms. The van der Waals surface area contributed by atoms with Crippen LogP contribution in [0, 0.1) is 23.2 Å². The molecule has 3 saturated carbocycles. The van der Waals surface area contributed by atoms with Gasteiger partial charge in [0.25, 0.3) is 0 Å². The number of amides is 2. The van der Waals surface area contributed by atoms with Crippen LogP contribution in [-0.4, -0.2) is 98.0 Å². The summed E-state index contributed by atoms with van der Waals surface area (Å²) in [5, 5.41) is 13.0. The first-order chi connectivity index (χ1) is 27.2. The Morgan fingerprint density at radius 1 is 0.931 bits per heavy atom. The largest absolute Gasteiger partial charge is 0.531 e. The van der Waals surface area contributed by atoms with Gasteiger partial charge >= 0.3 is 13.8 Å². The molecule has 0 heterocycles. The van der Waals surface area contributed by atoms with Gasteiger partial charge in [0.2, 0.25) is 11.8 Å². The van der Waals surface area contributed by atoms with Crippen LogP contribution in [-0.2, 0) is 53.4 Å². The lowest BCUT2D eigenvalue weighted by atomic mass is 9.55. The molecule has 1 aromatic carbocycles. The fourth-order valence-electron chi connectivity index (χ4n) is 9.60. The molecule has 4 aliphatic rings. The molecule has 0 bridgehead atoms. The van der Waals surface area contributed by atoms with E-state index in [0.717, 1.165) is 38.5 Å². The van der Waals surface area contributed by atoms with Gasteiger partial charge in [-0.2, -0.15) is 0 Å². The highest BCUT2D eigenvalue weighted by Crippen LogP contribution is 2.62. The Morgan fingerprint density at radius 3 is 2.33 bits per heavy atom. The summed E-state index contributed by atoms with van der Waals surface area (Å²) in [6.45, 7) is 14.3. The number of hydrogen-bond donors (Lipinski definition) is 4. The van der Waals surface area contributed by atoms with Crippen LogP contribution >= 0.6 is 7.82 Å². The summed E-state index contributed by atoms with van der Waals surface area (Å²) in [4.78, 5) is 36.5. The molecule has 328 valence electrons. The van der Waals surface area contributed by atoms with Crippen LogP contribution in [0.4, 0.5) is 0 Å². The number of benzene rings is 1. The zero-order chi connectivity index (χ0) is 42.5. The van der Waals surface area contributed by atoms with Crippen LogP contribution < -0.4 is 21.3 Å². The van der Waals surface area contributed by atoms with Crippen LogP contribution in [0.5, 0.6) is 5.75 Å². The minimum atomic E-state index is -3.90. The summed E-state index contributed by atoms with van der Waals surface area (Å²) >= 11 is 0. The third-order valence-electron chi connectivity index (χ3n) is 12.0. The van der Waals surface area contributed by atoms with Crippen molar-refractivity contribution in [1.82, 2.24) is 5.32 Å². The Kier molecular flexibility index (Phi) is 15.5. The third-order valence-corrected chi connectivity index (χ3v) is 14.0. The molecule has 0 spiro atoms. The van der Waals surface area contributed by atoms with Crippen molar-refractivity contribution in [2.24, 2.45) is 34.6 Å². The first-order valence-corrected chi connectivity index (χ1v) is 22.4. The lowest BCUT2D eigenvalue weighted by Crippen LogP contribution is -2.55. The second-order valence-corrected chi connectivity index (χ2v) is 20.1. The predicted molar refractivity (Wildman–Crippen MR) is 216 cm³/mol. The SMILES string of the molecule is CC(C)(C)OP(=O)(Oc1ccc2c(c1)CCC1C2CCC2(C)C(OCCC(=O)NCCOCCOCC(=O)OC3CCC(N)C(O)C3C(N)=O)CCC12)OC(C)(C)C. The van der Waals surface area contributed by atoms with E-state index in [-0.39, 0.29) is 50.3 Å². The Balaban J connectivity index is 0.983. The quantitative estimate of drug-likeness (QED) is 0.0863. The third kappa shape index (κ3) is 12.2. The number of carbonyl (C=O) groups excluding carboxylic acids is 3. The van der Waals surface area contributed by atoms with Crippen molar-refractivity contribution in [1.29, 1.82) is 0 Å². The second-order valence-electron chi connectivity index (χ2n) is 18.7. The summed E-state index contributed by atoms with van der Waals surface area (Å²) in [6, 6.07) is 5.47. The Labute approximate surface area is 343 Å². The normalized spacial score (nSPS) is 29.8. The summed E-state index contributed by atoms with van der Waals surface area (Å²) in [5.41, 5.74) is 12.4. The maximum absolute atomic E-state index is 13.8. The molecule has 1 aromatic rings. The Hall–Kier alpha value is -2.62. The van der Waals surface area contributed by atoms with Crippen LogP contribution in [0.25, 0.3) is 0 Å². The van der Waals surface area contributed by atoms with Crippen molar-refractivity contribution in [3.8, 4) is 5.75 Å². The van der Waals surface area contributed by atoms with Gasteiger partial charge in [0.05, 0.1) is 49.8 Å². The molecule has 2 amide bonds. The van der Waals surface area contributed by atoms with Gasteiger partial charge in [0.1, 0.15) is 24.4 Å². The number of phosphoric ester groups is 1. The van der Waals surface area contributed by atoms with Crippen LogP contribution in [0.1, 0.15) is 117 Å². The molecular weight excluding hydrogens is 769 g/mol. The van der Waals surface area contributed by atoms with Crippen molar-refractivity contribution in [2.45, 2.75) is 148 Å². The first kappa shape index (κ1) is 46.4. The number of phosphoric acid groups is 1. The van der Waals surface area contributed by atoms with Crippen molar-refractivity contribution in [3.05, 3.63) is 29.3 Å². The van der Waals surface area contributed by atoms with E-state index >= 15 is 0 Å². The molecule has 9 atom stereocenters. The second kappa shape index (κ2) is 19.4. The van der Waals surface area contributed by atoms with Gasteiger partial charge in [-0.05, 0) is 139 Å². The van der Waals surface area contributed by atoms with E-state index in [1.807, 2.05) is 53.7 Å². The van der Waals surface area contributed by atoms with Crippen LogP contribution in [0.2, 0.25) is 0 Å². The first-order valence-electron chi connectivity index (χ1n) is 21.0. The van der Waals surface area contributed by atoms with E-state index < -0.39 is 55.1 Å². The molecule has 4 aliphatic carbocycles. The average Bonchev–Trinajstić information content (AvgIpc) is 3.44. The molecule has 9 unspecified atom stereocenters. The topological polar surface area (TPSA) is 217 Å². The van der Waals surface area contributed by atoms with Crippen LogP contribution in [0.15, 0.2) is 18.2 Å². The fraction of sp³-hybridized carbons (Fsp3) is 0.786. The van der Waals surface area contributed by atoms with Gasteiger partial charge < -0.3 is 45.4 Å². The smallest absolute Gasteiger partial charge is 0.460 e. The Morgan fingerprint density at radius 2 is 1.64 bits per heavy atom. The average molecular weight is 838 g/mol. The number of nitrogens with one attached hydrogen (secondary N) is 1. The van der Waals surface area contributed by atoms with Gasteiger partial charge in [0.15, 0.2) is 0 Å². The number of ether oxygens (including phenoxy) is 4. The number of nitrogens with two attached hydrogens (primary N) is 2. The molecular formula is C42H68N3O12P. The molecule has 0 aromatic heterocycles. The Bertz CT molecular complexity index is 1610. The van der Waals surface area contributed by atoms with E-state index in [4.69, 9.17) is 44.0 Å². The van der Waals surface area contributed by atoms with Crippen LogP contribution in [0.3, 0.4) is 0 Å². The van der Waals surface area contributed by atoms with Crippen molar-refractivity contribution < 1.29 is 56.6 Å². The van der Waals surface area contributed by atoms with Crippen molar-refractivity contribution in [2.75, 3.05) is 39.6 Å². The highest BCUT2D eigenvalue weighted by molar-refractivity contribution is 7.49. The zero-order valence-corrected chi connectivity index (χ0v) is 36.4. The highest BCUT2D eigenvalue weighted by Gasteiger charge is 2.55. The number of aliphatic hydroxyl groups is 1. The number of rotatable bonds is 18. The van der Waals surface area contributed by atoms with Crippen molar-refractivity contribution >= 4 is 25.6 Å². The molecule has 6 N–H and O–H groups in total. The van der Waals surface area contributed by atoms with Gasteiger partial charge in [-0.25, -0.2) is 9.36 Å². The van der Waals surface area contributed by atoms with E-state index in [2.05, 4.69) is 18.3 Å². The number of primary amides is 1. The van der Waals surface area contributed by atoms with E-state index in [9.17, 15) is 24.1 Å². The molecule has 0 aliphatic heterocycles. The minimum Gasteiger partial charge on any atom is -0.460 e. The van der Waals surface area contributed by atoms with Gasteiger partial charge in [-0.15, -0.1) is 0 Å². The monoisotopic (exact) mass is 837 g/mol. The molecule has 5 rings (SSSR count). The molecule has 0 saturated heterocycles. The molecule has 3 fully saturated rings. The molecule has 15 nitrogen and oxygen atoms in total. The number of carbonyl (C=O) groups is 3. The van der Waals surface area contributed by atoms with E-state index in [1.54, 1.807) is 0 Å². The molecule has 0 radical (unpaired) electrons. The van der Waals surface area contributed by atoms with E-state index in [0.29, 0.717) is 49.5 Å². The maximum Gasteiger partial charge on any atom is 0.531 e. The molecule has 16 heteroatoms. The lowest BCUT2D eigenvalue weighted by molar-refractivity contribution is -0.166. The number of fused-ring (bicyclic) bond motifs is 5. The van der Waals surface area contributed by atoms with Crippen molar-refractivity contribution in [3.63, 3.8) is 0 Å². The summed E-state index contributed by atoms with van der Waals surface area (Å²) in [5.74, 6) is -0.555. The van der Waals surface area contributed by atoms with Gasteiger partial charge in [-0.3, -0.25) is 18.6 Å². The standard InChI is InChI=1S/C42H68N3O12P/c1-40(2,3)56-58(50,57-41(4,5)6)55-27-9-11-28-26(24-27)8-10-30-29(28)16-18-42(7)31(30)12-15-34(42)53-20-17-35(46)45-19-21-51-22-23-52-25-36(47)54-33-14-13-32(43)38(48)37(33)39(44)49/h9,11,24,29-34,37-38,48H,8,10,12-23,25,43H2,1-7H3,(H2,44,49)(H,45,46). The van der Waals surface area contributed by atoms with Gasteiger partial charge in [0, 0.05) is 19.0 Å². The number of hydrogen-bond acceptors (Lipinski definition) is 13. The number of aryl methyl sites for hydroxylation is 1. The zero-order valence-electron chi connectivity index (χ0n) is 35.5. The minimum absolute atomic E-state index is 0.0600. The fourth-order valence-corrected chi connectivity index (χ4v) is 11.4. The maximum atomic E-state index is 13.8. The van der Waals surface area contributed by atoms with Gasteiger partial charge in [-0.1, -0.05) is 13.0 Å². The predicted octanol–water partition coefficient (Wildman–Crippen LogP) is 5.08. The van der Waals surface area contributed by atoms with E-state index in [1.165, 1.54) is 11.1 Å². The summed E-state index contributed by atoms with van der Waals surface area (Å²) < 4.78 is 54.1. The lowest BCUT2D eigenvalue weighted by Gasteiger charge is -2.50. The summed E-state index contributed by atoms with van der Waals surface area (Å²) in [7, 11) is -3.90. The number of aliphatic hydroxyl groups excluding tert-OH is 1. The summed E-state index contributed by atoms with van der Waals surface area (Å²) in [6.07, 6.45) is 5.31. The highest BCUT2D eigenvalue weighted by atomic mass is 31.2. The number of esters is 1.